The Balaban J connectivity index is 1.54. The van der Waals surface area contributed by atoms with Crippen LogP contribution < -0.4 is 4.74 Å². The molecule has 8 heteroatoms. The summed E-state index contributed by atoms with van der Waals surface area (Å²) in [5.74, 6) is 0.142. The average Bonchev–Trinajstić information content (AvgIpc) is 3.29. The molecule has 2 aromatic carbocycles. The van der Waals surface area contributed by atoms with E-state index in [0.29, 0.717) is 27.5 Å². The van der Waals surface area contributed by atoms with Crippen LogP contribution in [-0.2, 0) is 6.54 Å². The minimum absolute atomic E-state index is 0.0408. The molecule has 5 nitrogen and oxygen atoms in total. The number of hydrogen-bond donors (Lipinski definition) is 0. The normalized spacial score (nSPS) is 17.6. The van der Waals surface area contributed by atoms with Gasteiger partial charge in [0, 0.05) is 46.7 Å². The Morgan fingerprint density at radius 1 is 1.05 bits per heavy atom. The molecule has 38 heavy (non-hydrogen) atoms. The van der Waals surface area contributed by atoms with Gasteiger partial charge in [-0.3, -0.25) is 9.78 Å². The van der Waals surface area contributed by atoms with E-state index in [0.717, 1.165) is 48.1 Å². The van der Waals surface area contributed by atoms with Crippen molar-refractivity contribution in [2.24, 2.45) is 0 Å². The molecule has 1 aliphatic rings. The summed E-state index contributed by atoms with van der Waals surface area (Å²) in [5, 5.41) is 0.508. The first-order valence-electron chi connectivity index (χ1n) is 12.8. The molecule has 0 N–H and O–H groups in total. The first kappa shape index (κ1) is 26.6. The van der Waals surface area contributed by atoms with Gasteiger partial charge in [-0.15, -0.1) is 11.3 Å². The minimum Gasteiger partial charge on any atom is -0.496 e. The number of aromatic nitrogens is 1. The predicted molar refractivity (Wildman–Crippen MR) is 153 cm³/mol. The summed E-state index contributed by atoms with van der Waals surface area (Å²) in [6, 6.07) is 15.3. The topological polar surface area (TPSA) is 45.7 Å². The molecule has 0 saturated heterocycles. The number of thiophene rings is 1. The smallest absolute Gasteiger partial charge is 0.266 e. The lowest BCUT2D eigenvalue weighted by atomic mass is 9.89. The molecule has 1 saturated carbocycles. The van der Waals surface area contributed by atoms with Crippen LogP contribution in [0.5, 0.6) is 5.75 Å². The Morgan fingerprint density at radius 2 is 1.76 bits per heavy atom. The van der Waals surface area contributed by atoms with Crippen molar-refractivity contribution in [1.82, 2.24) is 14.8 Å². The van der Waals surface area contributed by atoms with E-state index in [1.807, 2.05) is 29.2 Å². The number of rotatable bonds is 7. The lowest BCUT2D eigenvalue weighted by molar-refractivity contribution is 0.0573. The summed E-state index contributed by atoms with van der Waals surface area (Å²) in [7, 11) is 5.86. The first-order chi connectivity index (χ1) is 18.4. The second-order valence-corrected chi connectivity index (χ2v) is 11.4. The minimum atomic E-state index is -0.410. The van der Waals surface area contributed by atoms with Gasteiger partial charge in [-0.2, -0.15) is 0 Å². The van der Waals surface area contributed by atoms with Crippen molar-refractivity contribution < 1.29 is 13.9 Å². The molecule has 2 heterocycles. The van der Waals surface area contributed by atoms with Crippen LogP contribution in [-0.4, -0.2) is 54.0 Å². The largest absolute Gasteiger partial charge is 0.496 e. The van der Waals surface area contributed by atoms with Crippen LogP contribution >= 0.6 is 22.9 Å². The second kappa shape index (κ2) is 11.4. The second-order valence-electron chi connectivity index (χ2n) is 9.98. The van der Waals surface area contributed by atoms with Gasteiger partial charge in [-0.25, -0.2) is 4.39 Å². The molecule has 0 unspecified atom stereocenters. The van der Waals surface area contributed by atoms with Crippen molar-refractivity contribution >= 4 is 38.9 Å². The number of pyridine rings is 1. The number of carbonyl (C=O) groups excluding carboxylic acids is 1. The molecule has 1 fully saturated rings. The Kier molecular flexibility index (Phi) is 7.98. The van der Waals surface area contributed by atoms with Crippen molar-refractivity contribution in [3.8, 4) is 16.9 Å². The number of halogens is 2. The van der Waals surface area contributed by atoms with E-state index in [1.54, 1.807) is 31.6 Å². The van der Waals surface area contributed by atoms with Crippen molar-refractivity contribution in [3.63, 3.8) is 0 Å². The van der Waals surface area contributed by atoms with Crippen molar-refractivity contribution in [1.29, 1.82) is 0 Å². The summed E-state index contributed by atoms with van der Waals surface area (Å²) >= 11 is 7.91. The number of fused-ring (bicyclic) bond motifs is 1. The van der Waals surface area contributed by atoms with Gasteiger partial charge in [0.15, 0.2) is 0 Å². The Hall–Kier alpha value is -3.00. The highest BCUT2D eigenvalue weighted by atomic mass is 35.5. The van der Waals surface area contributed by atoms with Gasteiger partial charge < -0.3 is 14.5 Å². The molecular formula is C30H31ClFN3O2S. The van der Waals surface area contributed by atoms with Crippen LogP contribution in [0.2, 0.25) is 5.02 Å². The number of hydrogen-bond acceptors (Lipinski definition) is 5. The van der Waals surface area contributed by atoms with E-state index >= 15 is 0 Å². The van der Waals surface area contributed by atoms with Gasteiger partial charge in [-0.1, -0.05) is 23.7 Å². The monoisotopic (exact) mass is 551 g/mol. The van der Waals surface area contributed by atoms with Crippen molar-refractivity contribution in [2.75, 3.05) is 21.2 Å². The van der Waals surface area contributed by atoms with Crippen LogP contribution in [0.4, 0.5) is 4.39 Å². The fraction of sp³-hybridized carbons (Fsp3) is 0.333. The predicted octanol–water partition coefficient (Wildman–Crippen LogP) is 7.28. The van der Waals surface area contributed by atoms with Crippen molar-refractivity contribution in [2.45, 2.75) is 44.3 Å². The van der Waals surface area contributed by atoms with E-state index < -0.39 is 5.82 Å². The lowest BCUT2D eigenvalue weighted by Crippen LogP contribution is -2.44. The molecule has 0 aliphatic heterocycles. The molecule has 5 rings (SSSR count). The molecule has 0 radical (unpaired) electrons. The number of benzene rings is 2. The first-order valence-corrected chi connectivity index (χ1v) is 14.0. The van der Waals surface area contributed by atoms with E-state index in [9.17, 15) is 9.18 Å². The van der Waals surface area contributed by atoms with Crippen molar-refractivity contribution in [3.05, 3.63) is 82.2 Å². The van der Waals surface area contributed by atoms with Crippen LogP contribution in [0.25, 0.3) is 21.2 Å². The van der Waals surface area contributed by atoms with Gasteiger partial charge in [0.25, 0.3) is 5.91 Å². The summed E-state index contributed by atoms with van der Waals surface area (Å²) in [6.07, 6.45) is 7.31. The molecule has 0 spiro atoms. The molecule has 1 aliphatic carbocycles. The number of methoxy groups -OCH3 is 1. The summed E-state index contributed by atoms with van der Waals surface area (Å²) in [5.41, 5.74) is 2.97. The number of nitrogens with zero attached hydrogens (tertiary/aromatic N) is 3. The number of amides is 1. The van der Waals surface area contributed by atoms with Gasteiger partial charge in [0.1, 0.15) is 16.4 Å². The molecular weight excluding hydrogens is 521 g/mol. The zero-order valence-corrected chi connectivity index (χ0v) is 23.4. The molecule has 0 bridgehead atoms. The maximum Gasteiger partial charge on any atom is 0.266 e. The van der Waals surface area contributed by atoms with Gasteiger partial charge in [0.2, 0.25) is 0 Å². The third kappa shape index (κ3) is 5.28. The Labute approximate surface area is 231 Å². The maximum atomic E-state index is 14.6. The summed E-state index contributed by atoms with van der Waals surface area (Å²) in [4.78, 5) is 22.9. The van der Waals surface area contributed by atoms with E-state index in [1.165, 1.54) is 17.4 Å². The van der Waals surface area contributed by atoms with Gasteiger partial charge in [-0.05, 0) is 87.3 Å². The fourth-order valence-electron chi connectivity index (χ4n) is 5.40. The molecule has 0 atom stereocenters. The highest BCUT2D eigenvalue weighted by Crippen LogP contribution is 2.39. The lowest BCUT2D eigenvalue weighted by Gasteiger charge is -2.39. The standard InChI is InChI=1S/C30H31ClFN3O2S/c1-34(2)22-8-10-23(11-9-22)35(30(36)29-28(31)27-24(32)5-4-6-26(27)38-29)18-21-17-20(7-12-25(21)37-3)19-13-15-33-16-14-19/h4-7,12-17,22-23H,8-11,18H2,1-3H3. The Morgan fingerprint density at radius 3 is 2.42 bits per heavy atom. The molecule has 1 amide bonds. The number of ether oxygens (including phenoxy) is 1. The SMILES string of the molecule is COc1ccc(-c2ccncc2)cc1CN(C(=O)c1sc2cccc(F)c2c1Cl)C1CCC(N(C)C)CC1. The van der Waals surface area contributed by atoms with Crippen LogP contribution in [0, 0.1) is 5.82 Å². The van der Waals surface area contributed by atoms with Gasteiger partial charge >= 0.3 is 0 Å². The molecule has 4 aromatic rings. The summed E-state index contributed by atoms with van der Waals surface area (Å²) < 4.78 is 21.0. The van der Waals surface area contributed by atoms with E-state index in [2.05, 4.69) is 30.0 Å². The zero-order valence-electron chi connectivity index (χ0n) is 21.8. The van der Waals surface area contributed by atoms with E-state index in [4.69, 9.17) is 16.3 Å². The average molecular weight is 552 g/mol. The fourth-order valence-corrected chi connectivity index (χ4v) is 6.91. The highest BCUT2D eigenvalue weighted by molar-refractivity contribution is 7.21. The zero-order chi connectivity index (χ0) is 26.8. The quantitative estimate of drug-likeness (QED) is 0.242. The molecule has 198 valence electrons. The van der Waals surface area contributed by atoms with Crippen LogP contribution in [0.1, 0.15) is 40.9 Å². The third-order valence-corrected chi connectivity index (χ3v) is 9.17. The number of carbonyl (C=O) groups is 1. The van der Waals surface area contributed by atoms with Gasteiger partial charge in [0.05, 0.1) is 12.1 Å². The van der Waals surface area contributed by atoms with Crippen LogP contribution in [0.3, 0.4) is 0 Å². The summed E-state index contributed by atoms with van der Waals surface area (Å²) in [6.45, 7) is 0.366. The molecule has 2 aromatic heterocycles. The maximum absolute atomic E-state index is 14.6. The van der Waals surface area contributed by atoms with Crippen LogP contribution in [0.15, 0.2) is 60.9 Å². The third-order valence-electron chi connectivity index (χ3n) is 7.53. The Bertz CT molecular complexity index is 1430. The highest BCUT2D eigenvalue weighted by Gasteiger charge is 2.33. The van der Waals surface area contributed by atoms with E-state index in [-0.39, 0.29) is 17.0 Å².